The Bertz CT molecular complexity index is 2860. The van der Waals surface area contributed by atoms with E-state index in [1.165, 1.54) is 67.5 Å². The zero-order valence-corrected chi connectivity index (χ0v) is 42.7. The van der Waals surface area contributed by atoms with Crippen LogP contribution in [-0.4, -0.2) is 105 Å². The van der Waals surface area contributed by atoms with E-state index in [1.807, 2.05) is 24.3 Å². The number of nitrogens with one attached hydrogen (secondary N) is 3. The van der Waals surface area contributed by atoms with Gasteiger partial charge in [0.1, 0.15) is 5.82 Å². The molecule has 2 aliphatic heterocycles. The van der Waals surface area contributed by atoms with Gasteiger partial charge in [-0.2, -0.15) is 8.75 Å². The number of halogens is 1. The number of nitrogen functional groups attached to an aromatic ring is 1. The molecule has 6 aromatic carbocycles. The molecule has 21 heteroatoms. The number of carboxylic acids is 4. The van der Waals surface area contributed by atoms with Gasteiger partial charge in [-0.3, -0.25) is 0 Å². The quantitative estimate of drug-likeness (QED) is 0.0391. The molecule has 370 valence electrons. The molecule has 15 nitrogen and oxygen atoms in total. The summed E-state index contributed by atoms with van der Waals surface area (Å²) in [5, 5.41) is 47.9. The summed E-state index contributed by atoms with van der Waals surface area (Å²) in [6.45, 7) is 8.80. The Kier molecular flexibility index (Phi) is 23.4. The maximum Gasteiger partial charge on any atom is 0.337 e. The fourth-order valence-electron chi connectivity index (χ4n) is 6.30. The fourth-order valence-corrected chi connectivity index (χ4v) is 10.7. The van der Waals surface area contributed by atoms with Crippen molar-refractivity contribution in [2.24, 2.45) is 0 Å². The van der Waals surface area contributed by atoms with Crippen LogP contribution in [0, 0.1) is 0 Å². The molecule has 4 heterocycles. The van der Waals surface area contributed by atoms with Crippen molar-refractivity contribution in [1.82, 2.24) is 24.7 Å². The number of thiol groups is 1. The number of carboxylic acid groups (broad SMARTS) is 4. The van der Waals surface area contributed by atoms with Gasteiger partial charge in [0, 0.05) is 83.5 Å². The van der Waals surface area contributed by atoms with Crippen LogP contribution in [0.2, 0.25) is 5.15 Å². The van der Waals surface area contributed by atoms with E-state index in [9.17, 15) is 19.2 Å². The second-order valence-electron chi connectivity index (χ2n) is 14.7. The zero-order valence-electron chi connectivity index (χ0n) is 37.8. The van der Waals surface area contributed by atoms with Gasteiger partial charge in [-0.25, -0.2) is 19.2 Å². The van der Waals surface area contributed by atoms with Crippen molar-refractivity contribution in [2.75, 3.05) is 63.0 Å². The second kappa shape index (κ2) is 29.9. The van der Waals surface area contributed by atoms with E-state index in [1.54, 1.807) is 84.3 Å². The molecule has 0 atom stereocenters. The number of benzene rings is 6. The number of nitrogens with two attached hydrogens (primary N) is 1. The number of aromatic carboxylic acids is 4. The first-order valence-corrected chi connectivity index (χ1v) is 26.2. The molecule has 0 amide bonds. The maximum absolute atomic E-state index is 11.1. The van der Waals surface area contributed by atoms with Crippen LogP contribution < -0.4 is 26.6 Å². The lowest BCUT2D eigenvalue weighted by Gasteiger charge is -2.27. The smallest absolute Gasteiger partial charge is 0.337 e. The normalized spacial score (nSPS) is 12.6. The van der Waals surface area contributed by atoms with E-state index in [4.69, 9.17) is 37.8 Å². The van der Waals surface area contributed by atoms with Gasteiger partial charge < -0.3 is 47.0 Å². The predicted molar refractivity (Wildman–Crippen MR) is 292 cm³/mol. The van der Waals surface area contributed by atoms with Crippen LogP contribution in [-0.2, 0) is 0 Å². The van der Waals surface area contributed by atoms with Gasteiger partial charge in [0.05, 0.1) is 31.7 Å². The number of rotatable bonds is 8. The molecule has 8 aromatic rings. The number of piperazine rings is 2. The summed E-state index contributed by atoms with van der Waals surface area (Å²) in [5.41, 5.74) is 6.45. The van der Waals surface area contributed by atoms with E-state index >= 15 is 0 Å². The first kappa shape index (κ1) is 55.7. The number of nitrogens with zero attached hydrogens (tertiary/aromatic N) is 3. The maximum atomic E-state index is 11.1. The molecule has 0 bridgehead atoms. The first-order chi connectivity index (χ1) is 34.3. The average molecular weight is 1070 g/mol. The fraction of sp³-hybridized carbons (Fsp3) is 0.160. The van der Waals surface area contributed by atoms with Crippen LogP contribution in [0.15, 0.2) is 160 Å². The topological polar surface area (TPSA) is 240 Å². The number of hydrogen-bond acceptors (Lipinski definition) is 16. The minimum absolute atomic E-state index is 0.155. The number of para-hydroxylation sites is 1. The Morgan fingerprint density at radius 1 is 0.521 bits per heavy atom. The molecule has 10 rings (SSSR count). The Morgan fingerprint density at radius 2 is 0.915 bits per heavy atom. The number of anilines is 2. The Labute approximate surface area is 436 Å². The molecule has 2 aliphatic rings. The van der Waals surface area contributed by atoms with Crippen LogP contribution in [0.25, 0.3) is 20.2 Å². The van der Waals surface area contributed by atoms with Crippen molar-refractivity contribution in [3.05, 3.63) is 173 Å². The molecule has 0 spiro atoms. The lowest BCUT2D eigenvalue weighted by molar-refractivity contribution is 0.0682. The Balaban J connectivity index is 0.000000164. The highest BCUT2D eigenvalue weighted by Crippen LogP contribution is 2.40. The predicted octanol–water partition coefficient (Wildman–Crippen LogP) is 10.4. The van der Waals surface area contributed by atoms with E-state index in [2.05, 4.69) is 66.5 Å². The lowest BCUT2D eigenvalue weighted by Crippen LogP contribution is -2.43. The highest BCUT2D eigenvalue weighted by atomic mass is 35.5. The molecule has 0 saturated carbocycles. The third-order valence-electron chi connectivity index (χ3n) is 9.85. The molecule has 2 saturated heterocycles. The standard InChI is InChI=1S/C14H10O4S2.C11H13N3S.C7H4ClNS.C7H7NO2.C7H6O2S.C4H10N2/c15-13(16)9-5-1-3-7-11(9)19-20-12-8-4-2-6-10(12)14(17)18;1-2-4-10-9(3-1)11(13-15-10)14-7-5-12-6-8-14;8-7-5-3-1-2-4-6(5)10-9-7;8-6-4-2-1-3-5(6)7(9)10;8-7(9)5-3-1-2-4-6(5)10;1-2-6-4-3-5-1/h1-8H,(H,15,16)(H,17,18);1-4,12H,5-8H2;1-4H;1-4H,8H2,(H,9,10);1-4,10H,(H,8,9);5-6H,1-4H2. The van der Waals surface area contributed by atoms with Gasteiger partial charge in [-0.1, -0.05) is 112 Å². The SMILES string of the molecule is C1CNCCN1.Clc1nsc2ccccc12.Nc1ccccc1C(=O)O.O=C(O)c1ccccc1S.O=C(O)c1ccccc1SSc1ccccc1C(=O)O.c1ccc2c(N3CCNCC3)nsc2c1. The van der Waals surface area contributed by atoms with Gasteiger partial charge >= 0.3 is 23.9 Å². The minimum Gasteiger partial charge on any atom is -0.478 e. The van der Waals surface area contributed by atoms with Gasteiger partial charge in [0.2, 0.25) is 0 Å². The number of carbonyl (C=O) groups is 4. The molecular formula is C50H50ClN7O8S5. The Morgan fingerprint density at radius 3 is 1.37 bits per heavy atom. The van der Waals surface area contributed by atoms with E-state index in [-0.39, 0.29) is 22.3 Å². The molecule has 2 aromatic heterocycles. The summed E-state index contributed by atoms with van der Waals surface area (Å²) >= 11 is 12.8. The van der Waals surface area contributed by atoms with Crippen molar-refractivity contribution in [3.8, 4) is 0 Å². The van der Waals surface area contributed by atoms with Gasteiger partial charge in [-0.15, -0.1) is 12.6 Å². The average Bonchev–Trinajstić information content (AvgIpc) is 4.01. The largest absolute Gasteiger partial charge is 0.478 e. The van der Waals surface area contributed by atoms with Crippen LogP contribution in [0.5, 0.6) is 0 Å². The summed E-state index contributed by atoms with van der Waals surface area (Å²) in [6.07, 6.45) is 0. The van der Waals surface area contributed by atoms with Crippen LogP contribution >= 0.6 is 68.9 Å². The Hall–Kier alpha value is -6.20. The van der Waals surface area contributed by atoms with Crippen molar-refractivity contribution in [3.63, 3.8) is 0 Å². The monoisotopic (exact) mass is 1070 g/mol. The molecule has 9 N–H and O–H groups in total. The van der Waals surface area contributed by atoms with E-state index < -0.39 is 23.9 Å². The van der Waals surface area contributed by atoms with E-state index in [0.29, 0.717) is 25.5 Å². The minimum atomic E-state index is -1.000. The molecule has 0 unspecified atom stereocenters. The summed E-state index contributed by atoms with van der Waals surface area (Å²) < 4.78 is 11.0. The third kappa shape index (κ3) is 17.9. The lowest BCUT2D eigenvalue weighted by atomic mass is 10.2. The van der Waals surface area contributed by atoms with Crippen molar-refractivity contribution in [2.45, 2.75) is 14.7 Å². The molecular weight excluding hydrogens is 1020 g/mol. The number of hydrogen-bond donors (Lipinski definition) is 9. The van der Waals surface area contributed by atoms with Gasteiger partial charge in [0.15, 0.2) is 5.15 Å². The summed E-state index contributed by atoms with van der Waals surface area (Å²) in [6, 6.07) is 42.6. The van der Waals surface area contributed by atoms with Gasteiger partial charge in [-0.05, 0) is 89.8 Å². The second-order valence-corrected chi connectivity index (χ2v) is 19.4. The van der Waals surface area contributed by atoms with Crippen LogP contribution in [0.3, 0.4) is 0 Å². The third-order valence-corrected chi connectivity index (χ3v) is 14.8. The molecule has 2 fully saturated rings. The molecule has 71 heavy (non-hydrogen) atoms. The van der Waals surface area contributed by atoms with Crippen molar-refractivity contribution >= 4 is 124 Å². The molecule has 0 aliphatic carbocycles. The summed E-state index contributed by atoms with van der Waals surface area (Å²) in [4.78, 5) is 46.9. The highest BCUT2D eigenvalue weighted by Gasteiger charge is 2.16. The van der Waals surface area contributed by atoms with Crippen LogP contribution in [0.4, 0.5) is 11.5 Å². The van der Waals surface area contributed by atoms with Crippen molar-refractivity contribution in [1.29, 1.82) is 0 Å². The zero-order chi connectivity index (χ0) is 51.0. The van der Waals surface area contributed by atoms with Gasteiger partial charge in [0.25, 0.3) is 0 Å². The van der Waals surface area contributed by atoms with Crippen molar-refractivity contribution < 1.29 is 39.6 Å². The number of fused-ring (bicyclic) bond motifs is 2. The van der Waals surface area contributed by atoms with Crippen LogP contribution in [0.1, 0.15) is 41.4 Å². The molecule has 0 radical (unpaired) electrons. The van der Waals surface area contributed by atoms with E-state index in [0.717, 1.165) is 68.3 Å². The summed E-state index contributed by atoms with van der Waals surface area (Å²) in [5.74, 6) is -2.76. The number of aromatic nitrogens is 2. The first-order valence-electron chi connectivity index (χ1n) is 21.6. The highest BCUT2D eigenvalue weighted by molar-refractivity contribution is 8.76. The summed E-state index contributed by atoms with van der Waals surface area (Å²) in [7, 11) is 2.47.